The van der Waals surface area contributed by atoms with Crippen molar-refractivity contribution in [1.29, 1.82) is 0 Å². The highest BCUT2D eigenvalue weighted by Crippen LogP contribution is 2.34. The summed E-state index contributed by atoms with van der Waals surface area (Å²) >= 11 is 6.51. The van der Waals surface area contributed by atoms with Crippen LogP contribution in [-0.2, 0) is 10.1 Å². The number of hydrogen-bond acceptors (Lipinski definition) is 10. The molecule has 0 amide bonds. The molecule has 40 heavy (non-hydrogen) atoms. The van der Waals surface area contributed by atoms with Crippen LogP contribution in [0, 0.1) is 6.92 Å². The van der Waals surface area contributed by atoms with Crippen LogP contribution in [0.1, 0.15) is 40.4 Å². The van der Waals surface area contributed by atoms with E-state index < -0.39 is 15.9 Å². The molecular weight excluding hydrogens is 668 g/mol. The molecule has 5 aromatic rings. The number of Topliss-reactive ketones (excluding diaryl/α,β-unsaturated/α-hetero) is 2. The molecule has 1 aromatic carbocycles. The van der Waals surface area contributed by atoms with Gasteiger partial charge in [0.25, 0.3) is 0 Å². The number of benzene rings is 1. The third kappa shape index (κ3) is 6.01. The first-order chi connectivity index (χ1) is 18.9. The quantitative estimate of drug-likeness (QED) is 0.133. The maximum atomic E-state index is 12.6. The predicted octanol–water partition coefficient (Wildman–Crippen LogP) is 5.97. The van der Waals surface area contributed by atoms with E-state index in [2.05, 4.69) is 51.8 Å². The fourth-order valence-electron chi connectivity index (χ4n) is 3.58. The number of pyridine rings is 4. The number of rotatable bonds is 5. The molecule has 0 unspecified atom stereocenters. The van der Waals surface area contributed by atoms with Gasteiger partial charge in [0.2, 0.25) is 0 Å². The summed E-state index contributed by atoms with van der Waals surface area (Å²) in [4.78, 5) is 39.4. The third-order valence-corrected chi connectivity index (χ3v) is 7.97. The Bertz CT molecular complexity index is 1900. The first-order valence-electron chi connectivity index (χ1n) is 11.5. The van der Waals surface area contributed by atoms with E-state index in [0.717, 1.165) is 5.56 Å². The van der Waals surface area contributed by atoms with Crippen molar-refractivity contribution in [1.82, 2.24) is 19.9 Å². The van der Waals surface area contributed by atoms with Gasteiger partial charge in [0, 0.05) is 37.0 Å². The summed E-state index contributed by atoms with van der Waals surface area (Å²) < 4.78 is 31.4. The lowest BCUT2D eigenvalue weighted by molar-refractivity contribution is 0.0998. The van der Waals surface area contributed by atoms with E-state index in [1.54, 1.807) is 42.6 Å². The molecule has 0 bridgehead atoms. The van der Waals surface area contributed by atoms with Crippen molar-refractivity contribution in [2.24, 2.45) is 0 Å². The van der Waals surface area contributed by atoms with Crippen LogP contribution in [0.5, 0.6) is 11.5 Å². The van der Waals surface area contributed by atoms with E-state index in [1.807, 2.05) is 6.92 Å². The van der Waals surface area contributed by atoms with Crippen molar-refractivity contribution in [3.8, 4) is 11.5 Å². The lowest BCUT2D eigenvalue weighted by Crippen LogP contribution is -2.14. The Morgan fingerprint density at radius 3 is 1.85 bits per heavy atom. The molecule has 0 saturated carbocycles. The molecule has 0 spiro atoms. The number of carbonyl (C=O) groups excluding carboxylic acids is 2. The number of halogens is 2. The molecule has 4 heterocycles. The molecule has 1 N–H and O–H groups in total. The molecule has 5 rings (SSSR count). The van der Waals surface area contributed by atoms with Gasteiger partial charge in [0.05, 0.1) is 0 Å². The van der Waals surface area contributed by atoms with Crippen LogP contribution < -0.4 is 4.18 Å². The van der Waals surface area contributed by atoms with Crippen LogP contribution in [0.15, 0.2) is 75.0 Å². The highest BCUT2D eigenvalue weighted by molar-refractivity contribution is 9.10. The van der Waals surface area contributed by atoms with E-state index in [0.29, 0.717) is 25.5 Å². The minimum absolute atomic E-state index is 0.0143. The number of fused-ring (bicyclic) bond motifs is 2. The number of aryl methyl sites for hydroxylation is 1. The molecule has 0 saturated heterocycles. The largest absolute Gasteiger partial charge is 0.504 e. The lowest BCUT2D eigenvalue weighted by atomic mass is 10.2. The zero-order valence-electron chi connectivity index (χ0n) is 21.2. The van der Waals surface area contributed by atoms with Gasteiger partial charge in [-0.05, 0) is 75.2 Å². The van der Waals surface area contributed by atoms with Crippen molar-refractivity contribution in [2.75, 3.05) is 0 Å². The molecule has 4 aromatic heterocycles. The van der Waals surface area contributed by atoms with Crippen LogP contribution in [0.25, 0.3) is 21.8 Å². The average molecular weight is 688 g/mol. The summed E-state index contributed by atoms with van der Waals surface area (Å²) in [7, 11) is -4.14. The number of hydrogen-bond donors (Lipinski definition) is 1. The molecule has 10 nitrogen and oxygen atoms in total. The Kier molecular flexibility index (Phi) is 8.57. The van der Waals surface area contributed by atoms with Crippen LogP contribution >= 0.6 is 31.9 Å². The van der Waals surface area contributed by atoms with Crippen molar-refractivity contribution in [3.63, 3.8) is 0 Å². The highest BCUT2D eigenvalue weighted by atomic mass is 79.9. The van der Waals surface area contributed by atoms with E-state index in [9.17, 15) is 23.1 Å². The Morgan fingerprint density at radius 2 is 1.30 bits per heavy atom. The smallest absolute Gasteiger partial charge is 0.339 e. The standard InChI is InChI=1S/C17H13BrN2O4S.C10H7BrN2O2/c1-10-5-7-12(8-6-10)25(22,23)24-16-14(11(2)21)20-17(18)13-4-3-9-19-15(13)16;1-5(14)7-9(15)8-6(10(11)13-7)3-2-4-12-8/h3-9H,1-2H3;2-4,15H,1H3. The van der Waals surface area contributed by atoms with Crippen molar-refractivity contribution in [2.45, 2.75) is 25.7 Å². The van der Waals surface area contributed by atoms with Gasteiger partial charge in [-0.1, -0.05) is 17.7 Å². The molecule has 0 fully saturated rings. The fraction of sp³-hybridized carbons (Fsp3) is 0.111. The monoisotopic (exact) mass is 686 g/mol. The summed E-state index contributed by atoms with van der Waals surface area (Å²) in [5.41, 5.74) is 1.47. The van der Waals surface area contributed by atoms with Gasteiger partial charge in [0.1, 0.15) is 25.1 Å². The third-order valence-electron chi connectivity index (χ3n) is 5.53. The van der Waals surface area contributed by atoms with E-state index in [4.69, 9.17) is 4.18 Å². The maximum absolute atomic E-state index is 12.6. The predicted molar refractivity (Wildman–Crippen MR) is 155 cm³/mol. The van der Waals surface area contributed by atoms with Crippen molar-refractivity contribution < 1.29 is 27.3 Å². The molecule has 0 aliphatic carbocycles. The second-order valence-electron chi connectivity index (χ2n) is 8.44. The second kappa shape index (κ2) is 11.7. The van der Waals surface area contributed by atoms with Gasteiger partial charge in [0.15, 0.2) is 34.5 Å². The maximum Gasteiger partial charge on any atom is 0.339 e. The Morgan fingerprint density at radius 1 is 0.800 bits per heavy atom. The summed E-state index contributed by atoms with van der Waals surface area (Å²) in [6, 6.07) is 13.1. The Hall–Kier alpha value is -3.81. The topological polar surface area (TPSA) is 149 Å². The Labute approximate surface area is 245 Å². The van der Waals surface area contributed by atoms with Gasteiger partial charge >= 0.3 is 10.1 Å². The molecule has 0 atom stereocenters. The van der Waals surface area contributed by atoms with E-state index in [-0.39, 0.29) is 39.1 Å². The van der Waals surface area contributed by atoms with Crippen molar-refractivity contribution in [3.05, 3.63) is 87.1 Å². The number of aromatic hydroxyl groups is 1. The van der Waals surface area contributed by atoms with Gasteiger partial charge in [-0.2, -0.15) is 8.42 Å². The average Bonchev–Trinajstić information content (AvgIpc) is 2.92. The number of nitrogens with zero attached hydrogens (tertiary/aromatic N) is 4. The lowest BCUT2D eigenvalue weighted by Gasteiger charge is -2.12. The molecule has 0 radical (unpaired) electrons. The minimum atomic E-state index is -4.14. The summed E-state index contributed by atoms with van der Waals surface area (Å²) in [6.07, 6.45) is 3.04. The molecule has 13 heteroatoms. The van der Waals surface area contributed by atoms with Crippen LogP contribution in [0.3, 0.4) is 0 Å². The van der Waals surface area contributed by atoms with E-state index in [1.165, 1.54) is 32.2 Å². The number of ketones is 2. The summed E-state index contributed by atoms with van der Waals surface area (Å²) in [5, 5.41) is 11.0. The first-order valence-corrected chi connectivity index (χ1v) is 14.5. The fourth-order valence-corrected chi connectivity index (χ4v) is 5.52. The zero-order valence-corrected chi connectivity index (χ0v) is 25.2. The van der Waals surface area contributed by atoms with Crippen LogP contribution in [0.2, 0.25) is 0 Å². The van der Waals surface area contributed by atoms with Gasteiger partial charge in [-0.15, -0.1) is 0 Å². The first kappa shape index (κ1) is 29.2. The zero-order chi connectivity index (χ0) is 29.2. The summed E-state index contributed by atoms with van der Waals surface area (Å²) in [6.45, 7) is 4.49. The van der Waals surface area contributed by atoms with Gasteiger partial charge < -0.3 is 9.29 Å². The molecule has 204 valence electrons. The summed E-state index contributed by atoms with van der Waals surface area (Å²) in [5.74, 6) is -1.06. The van der Waals surface area contributed by atoms with Gasteiger partial charge in [-0.3, -0.25) is 19.6 Å². The van der Waals surface area contributed by atoms with E-state index >= 15 is 0 Å². The van der Waals surface area contributed by atoms with Gasteiger partial charge in [-0.25, -0.2) is 9.97 Å². The number of aromatic nitrogens is 4. The van der Waals surface area contributed by atoms with Crippen molar-refractivity contribution >= 4 is 75.4 Å². The number of carbonyl (C=O) groups is 2. The molecule has 0 aliphatic heterocycles. The van der Waals surface area contributed by atoms with Crippen LogP contribution in [0.4, 0.5) is 0 Å². The highest BCUT2D eigenvalue weighted by Gasteiger charge is 2.25. The minimum Gasteiger partial charge on any atom is -0.504 e. The molecule has 0 aliphatic rings. The molecular formula is C27H20Br2N4O6S. The van der Waals surface area contributed by atoms with Crippen LogP contribution in [-0.4, -0.2) is 45.0 Å². The Balaban J connectivity index is 0.000000210. The normalized spacial score (nSPS) is 11.1. The SMILES string of the molecule is CC(=O)c1nc(Br)c2cccnc2c1O.CC(=O)c1nc(Br)c2cccnc2c1OS(=O)(=O)c1ccc(C)cc1. The second-order valence-corrected chi connectivity index (χ2v) is 11.5.